The molecule has 0 aliphatic rings. The Morgan fingerprint density at radius 2 is 1.56 bits per heavy atom. The molecule has 0 saturated carbocycles. The van der Waals surface area contributed by atoms with Gasteiger partial charge in [0.2, 0.25) is 10.0 Å². The summed E-state index contributed by atoms with van der Waals surface area (Å²) in [6.45, 7) is 0. The number of benzene rings is 1. The molecule has 90 valence electrons. The number of nitrogens with one attached hydrogen (secondary N) is 1. The Morgan fingerprint density at radius 3 is 1.94 bits per heavy atom. The SMILES string of the molecule is O=S(=O)(CCl)Nc1c(F)c(F)cc(F)c1F. The van der Waals surface area contributed by atoms with Crippen LogP contribution in [0.25, 0.3) is 0 Å². The van der Waals surface area contributed by atoms with Gasteiger partial charge in [-0.3, -0.25) is 4.72 Å². The van der Waals surface area contributed by atoms with Crippen molar-refractivity contribution in [1.82, 2.24) is 0 Å². The molecule has 0 amide bonds. The van der Waals surface area contributed by atoms with Gasteiger partial charge >= 0.3 is 0 Å². The van der Waals surface area contributed by atoms with Gasteiger partial charge in [0.05, 0.1) is 0 Å². The van der Waals surface area contributed by atoms with E-state index >= 15 is 0 Å². The minimum absolute atomic E-state index is 0.0385. The third-order valence-electron chi connectivity index (χ3n) is 1.51. The number of hydrogen-bond donors (Lipinski definition) is 1. The van der Waals surface area contributed by atoms with Gasteiger partial charge in [0.25, 0.3) is 0 Å². The normalized spacial score (nSPS) is 11.6. The van der Waals surface area contributed by atoms with E-state index in [1.807, 2.05) is 0 Å². The van der Waals surface area contributed by atoms with Crippen LogP contribution in [0.15, 0.2) is 6.07 Å². The van der Waals surface area contributed by atoms with E-state index in [1.54, 1.807) is 0 Å². The maximum Gasteiger partial charge on any atom is 0.246 e. The van der Waals surface area contributed by atoms with E-state index in [4.69, 9.17) is 11.6 Å². The third-order valence-corrected chi connectivity index (χ3v) is 3.18. The summed E-state index contributed by atoms with van der Waals surface area (Å²) >= 11 is 4.94. The molecule has 1 aromatic carbocycles. The summed E-state index contributed by atoms with van der Waals surface area (Å²) in [5.41, 5.74) is -1.43. The fourth-order valence-corrected chi connectivity index (χ4v) is 1.55. The van der Waals surface area contributed by atoms with Crippen LogP contribution >= 0.6 is 11.6 Å². The molecule has 0 atom stereocenters. The minimum Gasteiger partial charge on any atom is -0.277 e. The Hall–Kier alpha value is -1.02. The second-order valence-corrected chi connectivity index (χ2v) is 4.98. The average molecular weight is 278 g/mol. The molecule has 0 saturated heterocycles. The molecule has 0 radical (unpaired) electrons. The first-order valence-electron chi connectivity index (χ1n) is 3.68. The van der Waals surface area contributed by atoms with E-state index < -0.39 is 44.2 Å². The first-order valence-corrected chi connectivity index (χ1v) is 5.86. The van der Waals surface area contributed by atoms with Crippen molar-refractivity contribution in [3.8, 4) is 0 Å². The predicted molar refractivity (Wildman–Crippen MR) is 49.5 cm³/mol. The van der Waals surface area contributed by atoms with Crippen LogP contribution in [0.3, 0.4) is 0 Å². The van der Waals surface area contributed by atoms with Crippen LogP contribution in [0.1, 0.15) is 0 Å². The number of halogens is 5. The minimum atomic E-state index is -4.25. The van der Waals surface area contributed by atoms with E-state index in [0.717, 1.165) is 0 Å². The summed E-state index contributed by atoms with van der Waals surface area (Å²) in [6.07, 6.45) is 0. The number of anilines is 1. The molecule has 9 heteroatoms. The highest BCUT2D eigenvalue weighted by Gasteiger charge is 2.22. The van der Waals surface area contributed by atoms with Gasteiger partial charge in [-0.1, -0.05) is 0 Å². The number of alkyl halides is 1. The van der Waals surface area contributed by atoms with Gasteiger partial charge in [-0.25, -0.2) is 26.0 Å². The van der Waals surface area contributed by atoms with Gasteiger partial charge in [0.1, 0.15) is 10.9 Å². The highest BCUT2D eigenvalue weighted by Crippen LogP contribution is 2.25. The van der Waals surface area contributed by atoms with Gasteiger partial charge in [-0.05, 0) is 0 Å². The zero-order valence-corrected chi connectivity index (χ0v) is 8.97. The predicted octanol–water partition coefficient (Wildman–Crippen LogP) is 2.18. The zero-order chi connectivity index (χ0) is 12.5. The smallest absolute Gasteiger partial charge is 0.246 e. The zero-order valence-electron chi connectivity index (χ0n) is 7.40. The lowest BCUT2D eigenvalue weighted by atomic mass is 10.3. The molecular formula is C7H4ClF4NO2S. The lowest BCUT2D eigenvalue weighted by Gasteiger charge is -2.08. The molecule has 0 heterocycles. The summed E-state index contributed by atoms with van der Waals surface area (Å²) in [6, 6.07) is -0.0385. The summed E-state index contributed by atoms with van der Waals surface area (Å²) in [4.78, 5) is 0. The summed E-state index contributed by atoms with van der Waals surface area (Å²) in [5, 5.41) is -1.01. The van der Waals surface area contributed by atoms with Crippen molar-refractivity contribution in [2.45, 2.75) is 0 Å². The molecule has 0 spiro atoms. The molecule has 0 bridgehead atoms. The monoisotopic (exact) mass is 277 g/mol. The van der Waals surface area contributed by atoms with Crippen molar-refractivity contribution in [2.75, 3.05) is 9.93 Å². The largest absolute Gasteiger partial charge is 0.277 e. The highest BCUT2D eigenvalue weighted by molar-refractivity contribution is 7.93. The van der Waals surface area contributed by atoms with Crippen molar-refractivity contribution in [3.63, 3.8) is 0 Å². The maximum absolute atomic E-state index is 13.0. The van der Waals surface area contributed by atoms with Crippen molar-refractivity contribution in [2.24, 2.45) is 0 Å². The van der Waals surface area contributed by atoms with E-state index in [1.165, 1.54) is 4.72 Å². The molecule has 0 aliphatic heterocycles. The molecular weight excluding hydrogens is 274 g/mol. The Morgan fingerprint density at radius 1 is 1.12 bits per heavy atom. The van der Waals surface area contributed by atoms with Gasteiger partial charge in [0, 0.05) is 6.07 Å². The van der Waals surface area contributed by atoms with Crippen LogP contribution in [0.4, 0.5) is 23.2 Å². The number of hydrogen-bond acceptors (Lipinski definition) is 2. The van der Waals surface area contributed by atoms with Crippen LogP contribution in [-0.2, 0) is 10.0 Å². The lowest BCUT2D eigenvalue weighted by molar-refractivity contribution is 0.459. The van der Waals surface area contributed by atoms with Crippen molar-refractivity contribution in [1.29, 1.82) is 0 Å². The van der Waals surface area contributed by atoms with E-state index in [9.17, 15) is 26.0 Å². The first-order chi connectivity index (χ1) is 7.28. The van der Waals surface area contributed by atoms with Gasteiger partial charge in [0.15, 0.2) is 23.3 Å². The van der Waals surface area contributed by atoms with Crippen LogP contribution < -0.4 is 4.72 Å². The van der Waals surface area contributed by atoms with Crippen molar-refractivity contribution in [3.05, 3.63) is 29.3 Å². The second kappa shape index (κ2) is 4.46. The summed E-state index contributed by atoms with van der Waals surface area (Å²) in [7, 11) is -4.25. The van der Waals surface area contributed by atoms with Crippen LogP contribution in [0, 0.1) is 23.3 Å². The molecule has 0 fully saturated rings. The highest BCUT2D eigenvalue weighted by atomic mass is 35.5. The Balaban J connectivity index is 3.34. The van der Waals surface area contributed by atoms with E-state index in [-0.39, 0.29) is 6.07 Å². The summed E-state index contributed by atoms with van der Waals surface area (Å²) < 4.78 is 74.3. The van der Waals surface area contributed by atoms with Gasteiger partial charge in [-0.2, -0.15) is 0 Å². The molecule has 0 aromatic heterocycles. The number of sulfonamides is 1. The molecule has 16 heavy (non-hydrogen) atoms. The third kappa shape index (κ3) is 2.56. The Bertz CT molecular complexity index is 493. The topological polar surface area (TPSA) is 46.2 Å². The Labute approximate surface area is 93.1 Å². The van der Waals surface area contributed by atoms with Crippen molar-refractivity contribution >= 4 is 27.3 Å². The van der Waals surface area contributed by atoms with Crippen LogP contribution in [0.2, 0.25) is 0 Å². The Kier molecular flexibility index (Phi) is 3.64. The standard InChI is InChI=1S/C7H4ClF4NO2S/c8-2-16(14,15)13-7-5(11)3(9)1-4(10)6(7)12/h1,13H,2H2. The van der Waals surface area contributed by atoms with E-state index in [2.05, 4.69) is 0 Å². The maximum atomic E-state index is 13.0. The fourth-order valence-electron chi connectivity index (χ4n) is 0.846. The molecule has 1 rings (SSSR count). The first kappa shape index (κ1) is 13.0. The lowest BCUT2D eigenvalue weighted by Crippen LogP contribution is -2.17. The van der Waals surface area contributed by atoms with Gasteiger partial charge < -0.3 is 0 Å². The molecule has 3 nitrogen and oxygen atoms in total. The quantitative estimate of drug-likeness (QED) is 0.523. The van der Waals surface area contributed by atoms with Gasteiger partial charge in [-0.15, -0.1) is 11.6 Å². The molecule has 1 aromatic rings. The molecule has 0 unspecified atom stereocenters. The summed E-state index contributed by atoms with van der Waals surface area (Å²) in [5.74, 6) is -7.11. The molecule has 1 N–H and O–H groups in total. The van der Waals surface area contributed by atoms with E-state index in [0.29, 0.717) is 0 Å². The average Bonchev–Trinajstić information content (AvgIpc) is 2.22. The second-order valence-electron chi connectivity index (χ2n) is 2.67. The molecule has 0 aliphatic carbocycles. The van der Waals surface area contributed by atoms with Crippen molar-refractivity contribution < 1.29 is 26.0 Å². The fraction of sp³-hybridized carbons (Fsp3) is 0.143. The van der Waals surface area contributed by atoms with Crippen LogP contribution in [-0.4, -0.2) is 13.6 Å². The number of rotatable bonds is 3. The van der Waals surface area contributed by atoms with Crippen LogP contribution in [0.5, 0.6) is 0 Å².